The second-order valence-corrected chi connectivity index (χ2v) is 6.56. The molecule has 0 atom stereocenters. The molecule has 8 nitrogen and oxygen atoms in total. The van der Waals surface area contributed by atoms with Crippen LogP contribution in [0.15, 0.2) is 22.8 Å². The molecule has 0 saturated heterocycles. The van der Waals surface area contributed by atoms with Gasteiger partial charge in [0.15, 0.2) is 0 Å². The first kappa shape index (κ1) is 16.4. The zero-order valence-corrected chi connectivity index (χ0v) is 14.0. The summed E-state index contributed by atoms with van der Waals surface area (Å²) in [6.45, 7) is 0. The minimum atomic E-state index is -0.713. The van der Waals surface area contributed by atoms with Crippen molar-refractivity contribution in [1.82, 2.24) is 9.88 Å². The Labute approximate surface area is 143 Å². The standard InChI is InChI=1S/C15H19ClN6O2/c1-21(11(19)7-10(17)18)9-6-8(16)12-13(23)20-15(4-2-3-5-15)22(12)14(9)24/h6-7,19H,2-5,17-18H2,1H3,(H,20,23). The Balaban J connectivity index is 2.18. The van der Waals surface area contributed by atoms with Crippen molar-refractivity contribution < 1.29 is 4.79 Å². The molecule has 0 aromatic carbocycles. The third kappa shape index (κ3) is 2.34. The number of carbonyl (C=O) groups is 1. The van der Waals surface area contributed by atoms with Gasteiger partial charge in [-0.05, 0) is 31.7 Å². The highest BCUT2D eigenvalue weighted by atomic mass is 35.5. The van der Waals surface area contributed by atoms with E-state index in [1.54, 1.807) is 7.05 Å². The lowest BCUT2D eigenvalue weighted by molar-refractivity contribution is 0.0920. The average Bonchev–Trinajstić information content (AvgIpc) is 3.07. The van der Waals surface area contributed by atoms with Gasteiger partial charge in [-0.15, -0.1) is 0 Å². The van der Waals surface area contributed by atoms with Gasteiger partial charge in [0.1, 0.15) is 22.9 Å². The Hall–Kier alpha value is -2.48. The van der Waals surface area contributed by atoms with Crippen molar-refractivity contribution in [3.05, 3.63) is 39.0 Å². The lowest BCUT2D eigenvalue weighted by atomic mass is 10.1. The quantitative estimate of drug-likeness (QED) is 0.459. The number of amides is 1. The van der Waals surface area contributed by atoms with E-state index in [1.807, 2.05) is 0 Å². The van der Waals surface area contributed by atoms with Gasteiger partial charge in [-0.1, -0.05) is 11.6 Å². The fraction of sp³-hybridized carbons (Fsp3) is 0.400. The monoisotopic (exact) mass is 350 g/mol. The number of amidine groups is 1. The molecular formula is C15H19ClN6O2. The summed E-state index contributed by atoms with van der Waals surface area (Å²) >= 11 is 6.28. The second kappa shape index (κ2) is 5.55. The molecule has 3 rings (SSSR count). The zero-order chi connectivity index (χ0) is 17.6. The molecule has 0 unspecified atom stereocenters. The Kier molecular flexibility index (Phi) is 3.79. The Morgan fingerprint density at radius 3 is 2.62 bits per heavy atom. The molecule has 1 saturated carbocycles. The lowest BCUT2D eigenvalue weighted by Gasteiger charge is -2.28. The summed E-state index contributed by atoms with van der Waals surface area (Å²) in [5.41, 5.74) is 10.1. The first-order valence-corrected chi connectivity index (χ1v) is 7.98. The van der Waals surface area contributed by atoms with E-state index in [0.29, 0.717) is 12.8 Å². The van der Waals surface area contributed by atoms with Crippen LogP contribution in [0.4, 0.5) is 5.69 Å². The number of nitrogens with zero attached hydrogens (tertiary/aromatic N) is 2. The summed E-state index contributed by atoms with van der Waals surface area (Å²) in [5.74, 6) is -0.431. The highest BCUT2D eigenvalue weighted by Gasteiger charge is 2.47. The normalized spacial score (nSPS) is 17.5. The molecule has 1 aromatic heterocycles. The van der Waals surface area contributed by atoms with Gasteiger partial charge < -0.3 is 21.7 Å². The average molecular weight is 351 g/mol. The number of hydrogen-bond acceptors (Lipinski definition) is 5. The first-order chi connectivity index (χ1) is 11.3. The topological polar surface area (TPSA) is 130 Å². The molecule has 2 aliphatic rings. The zero-order valence-electron chi connectivity index (χ0n) is 13.2. The number of rotatable bonds is 2. The maximum Gasteiger partial charge on any atom is 0.277 e. The summed E-state index contributed by atoms with van der Waals surface area (Å²) in [6, 6.07) is 1.40. The molecule has 1 aliphatic carbocycles. The number of hydrogen-bond donors (Lipinski definition) is 4. The predicted molar refractivity (Wildman–Crippen MR) is 92.2 cm³/mol. The number of nitrogens with two attached hydrogens (primary N) is 2. The largest absolute Gasteiger partial charge is 0.386 e. The van der Waals surface area contributed by atoms with Crippen molar-refractivity contribution in [1.29, 1.82) is 5.41 Å². The van der Waals surface area contributed by atoms with Crippen LogP contribution in [0.25, 0.3) is 0 Å². The van der Waals surface area contributed by atoms with Gasteiger partial charge in [0.25, 0.3) is 11.5 Å². The van der Waals surface area contributed by atoms with Crippen LogP contribution in [-0.2, 0) is 5.66 Å². The van der Waals surface area contributed by atoms with Crippen molar-refractivity contribution in [2.24, 2.45) is 11.5 Å². The lowest BCUT2D eigenvalue weighted by Crippen LogP contribution is -2.46. The maximum atomic E-state index is 13.0. The highest BCUT2D eigenvalue weighted by molar-refractivity contribution is 6.34. The van der Waals surface area contributed by atoms with E-state index in [2.05, 4.69) is 5.32 Å². The Morgan fingerprint density at radius 2 is 2.04 bits per heavy atom. The molecule has 24 heavy (non-hydrogen) atoms. The molecule has 1 aliphatic heterocycles. The van der Waals surface area contributed by atoms with E-state index in [9.17, 15) is 9.59 Å². The number of fused-ring (bicyclic) bond motifs is 2. The third-order valence-electron chi connectivity index (χ3n) is 4.58. The number of halogens is 1. The summed E-state index contributed by atoms with van der Waals surface area (Å²) in [5, 5.41) is 11.1. The molecule has 1 fully saturated rings. The molecule has 0 radical (unpaired) electrons. The number of nitrogens with one attached hydrogen (secondary N) is 2. The van der Waals surface area contributed by atoms with Crippen LogP contribution in [0.5, 0.6) is 0 Å². The number of anilines is 1. The van der Waals surface area contributed by atoms with Crippen LogP contribution in [0.2, 0.25) is 5.02 Å². The van der Waals surface area contributed by atoms with Crippen molar-refractivity contribution in [2.45, 2.75) is 31.3 Å². The van der Waals surface area contributed by atoms with Gasteiger partial charge in [0, 0.05) is 13.1 Å². The molecule has 0 bridgehead atoms. The molecule has 1 amide bonds. The van der Waals surface area contributed by atoms with E-state index >= 15 is 0 Å². The molecule has 2 heterocycles. The number of likely N-dealkylation sites (N-methyl/N-ethyl adjacent to an activating group) is 1. The van der Waals surface area contributed by atoms with Crippen LogP contribution in [0, 0.1) is 5.41 Å². The van der Waals surface area contributed by atoms with Crippen LogP contribution in [0.3, 0.4) is 0 Å². The molecule has 6 N–H and O–H groups in total. The van der Waals surface area contributed by atoms with Crippen LogP contribution < -0.4 is 27.2 Å². The molecule has 9 heteroatoms. The van der Waals surface area contributed by atoms with Crippen molar-refractivity contribution >= 4 is 29.0 Å². The smallest absolute Gasteiger partial charge is 0.277 e. The number of aromatic nitrogens is 1. The summed E-state index contributed by atoms with van der Waals surface area (Å²) in [7, 11) is 1.55. The molecule has 128 valence electrons. The molecule has 1 aromatic rings. The summed E-state index contributed by atoms with van der Waals surface area (Å²) in [4.78, 5) is 26.7. The second-order valence-electron chi connectivity index (χ2n) is 6.15. The van der Waals surface area contributed by atoms with E-state index in [4.69, 9.17) is 28.5 Å². The third-order valence-corrected chi connectivity index (χ3v) is 4.87. The first-order valence-electron chi connectivity index (χ1n) is 7.60. The van der Waals surface area contributed by atoms with E-state index in [-0.39, 0.29) is 39.5 Å². The van der Waals surface area contributed by atoms with Crippen LogP contribution in [0.1, 0.15) is 36.2 Å². The number of pyridine rings is 1. The summed E-state index contributed by atoms with van der Waals surface area (Å²) in [6.07, 6.45) is 4.45. The van der Waals surface area contributed by atoms with E-state index in [0.717, 1.165) is 12.8 Å². The Morgan fingerprint density at radius 1 is 1.42 bits per heavy atom. The maximum absolute atomic E-state index is 13.0. The molecule has 1 spiro atoms. The van der Waals surface area contributed by atoms with Gasteiger partial charge in [-0.2, -0.15) is 0 Å². The van der Waals surface area contributed by atoms with Crippen LogP contribution in [-0.4, -0.2) is 23.4 Å². The Bertz CT molecular complexity index is 818. The molecular weight excluding hydrogens is 332 g/mol. The van der Waals surface area contributed by atoms with Gasteiger partial charge >= 0.3 is 0 Å². The van der Waals surface area contributed by atoms with E-state index < -0.39 is 5.66 Å². The minimum absolute atomic E-state index is 0.0386. The van der Waals surface area contributed by atoms with Gasteiger partial charge in [-0.3, -0.25) is 19.6 Å². The van der Waals surface area contributed by atoms with Crippen LogP contribution >= 0.6 is 11.6 Å². The fourth-order valence-electron chi connectivity index (χ4n) is 3.45. The van der Waals surface area contributed by atoms with Crippen molar-refractivity contribution in [3.63, 3.8) is 0 Å². The fourth-order valence-corrected chi connectivity index (χ4v) is 3.72. The SMILES string of the molecule is CN(C(=N)C=C(N)N)c1cc(Cl)c2n(c1=O)C1(CCCC1)NC2=O. The minimum Gasteiger partial charge on any atom is -0.386 e. The predicted octanol–water partition coefficient (Wildman–Crippen LogP) is 0.644. The van der Waals surface area contributed by atoms with Crippen molar-refractivity contribution in [2.75, 3.05) is 11.9 Å². The van der Waals surface area contributed by atoms with Gasteiger partial charge in [-0.25, -0.2) is 0 Å². The van der Waals surface area contributed by atoms with Gasteiger partial charge in [0.05, 0.1) is 10.8 Å². The number of carbonyl (C=O) groups excluding carboxylic acids is 1. The van der Waals surface area contributed by atoms with Crippen molar-refractivity contribution in [3.8, 4) is 0 Å². The van der Waals surface area contributed by atoms with Gasteiger partial charge in [0.2, 0.25) is 0 Å². The highest BCUT2D eigenvalue weighted by Crippen LogP contribution is 2.39. The van der Waals surface area contributed by atoms with E-state index in [1.165, 1.54) is 21.6 Å². The summed E-state index contributed by atoms with van der Waals surface area (Å²) < 4.78 is 1.46.